The Bertz CT molecular complexity index is 3270. The van der Waals surface area contributed by atoms with Crippen LogP contribution < -0.4 is 58.4 Å². The lowest BCUT2D eigenvalue weighted by Gasteiger charge is -2.50. The molecule has 59 heavy (non-hydrogen) atoms. The van der Waals surface area contributed by atoms with E-state index >= 15 is 0 Å². The fraction of sp³-hybridized carbons (Fsp3) is 0. The molecule has 0 fully saturated rings. The minimum atomic E-state index is -2.94. The number of benzene rings is 9. The zero-order chi connectivity index (χ0) is 38.7. The fourth-order valence-corrected chi connectivity index (χ4v) is 17.3. The van der Waals surface area contributed by atoms with E-state index < -0.39 is 8.07 Å². The highest BCUT2D eigenvalue weighted by Gasteiger charge is 2.57. The number of hydrogen-bond acceptors (Lipinski definition) is 1. The van der Waals surface area contributed by atoms with Gasteiger partial charge in [0.05, 0.1) is 5.52 Å². The maximum Gasteiger partial charge on any atom is 0.246 e. The van der Waals surface area contributed by atoms with Crippen molar-refractivity contribution in [3.8, 4) is 5.69 Å². The van der Waals surface area contributed by atoms with Gasteiger partial charge in [0.2, 0.25) is 13.4 Å². The van der Waals surface area contributed by atoms with Gasteiger partial charge in [0.25, 0.3) is 0 Å². The van der Waals surface area contributed by atoms with E-state index in [1.807, 2.05) is 0 Å². The normalized spacial score (nSPS) is 14.1. The molecule has 0 unspecified atom stereocenters. The van der Waals surface area contributed by atoms with Crippen molar-refractivity contribution in [2.75, 3.05) is 4.90 Å². The van der Waals surface area contributed by atoms with E-state index in [0.29, 0.717) is 0 Å². The highest BCUT2D eigenvalue weighted by atomic mass is 28.3. The second kappa shape index (κ2) is 12.5. The van der Waals surface area contributed by atoms with Gasteiger partial charge in [-0.15, -0.1) is 0 Å². The summed E-state index contributed by atoms with van der Waals surface area (Å²) >= 11 is 0. The summed E-state index contributed by atoms with van der Waals surface area (Å²) in [4.78, 5) is 2.52. The first-order valence-corrected chi connectivity index (χ1v) is 22.8. The second-order valence-corrected chi connectivity index (χ2v) is 19.9. The summed E-state index contributed by atoms with van der Waals surface area (Å²) in [7, 11) is -2.94. The molecule has 4 heterocycles. The van der Waals surface area contributed by atoms with Crippen LogP contribution in [0.2, 0.25) is 0 Å². The smallest absolute Gasteiger partial charge is 0.246 e. The molecule has 13 rings (SSSR count). The van der Waals surface area contributed by atoms with Crippen molar-refractivity contribution in [3.05, 3.63) is 218 Å². The number of nitrogens with zero attached hydrogens (tertiary/aromatic N) is 2. The van der Waals surface area contributed by atoms with Crippen molar-refractivity contribution < 1.29 is 0 Å². The number of fused-ring (bicyclic) bond motifs is 13. The average molecular weight is 763 g/mol. The number of rotatable bonds is 3. The molecule has 0 aliphatic carbocycles. The quantitative estimate of drug-likeness (QED) is 0.213. The maximum absolute atomic E-state index is 2.94. The van der Waals surface area contributed by atoms with Crippen LogP contribution in [0.3, 0.4) is 0 Å². The summed E-state index contributed by atoms with van der Waals surface area (Å²) in [5.74, 6) is 0. The summed E-state index contributed by atoms with van der Waals surface area (Å²) in [6, 6.07) is 82.7. The molecule has 0 radical (unpaired) electrons. The van der Waals surface area contributed by atoms with Crippen LogP contribution in [0.4, 0.5) is 17.1 Å². The number of para-hydroxylation sites is 5. The van der Waals surface area contributed by atoms with E-state index in [1.165, 1.54) is 98.1 Å². The first kappa shape index (κ1) is 33.0. The SMILES string of the molecule is c1ccc(N2c3ccccc3B3c4ccccc4[Si]4(c5ccccc5B(c5cccc6c7ccccc7n(-c7ccccc7)c56)c5ccccc54)c4cccc2c43)cc1. The van der Waals surface area contributed by atoms with E-state index in [4.69, 9.17) is 0 Å². The molecule has 0 bridgehead atoms. The molecule has 0 saturated heterocycles. The standard InChI is InChI=1S/C54H36B2N2Si/c1-3-19-37(20-4-1)57-47-31-13-8-25-41(47)56-44-28-11-16-35-51(44)59(52-36-18-32-48(57)53(52)56)49-33-14-9-26-42(49)55(43-27-10-15-34-50(43)59)45-29-17-24-40-39-23-7-12-30-46(39)58(54(40)45)38-21-5-2-6-22-38/h1-36H. The van der Waals surface area contributed by atoms with Crippen LogP contribution in [0.25, 0.3) is 27.5 Å². The van der Waals surface area contributed by atoms with Crippen LogP contribution in [0.5, 0.6) is 0 Å². The molecule has 5 heteroatoms. The Morgan fingerprint density at radius 3 is 1.49 bits per heavy atom. The van der Waals surface area contributed by atoms with Crippen LogP contribution in [0, 0.1) is 0 Å². The lowest BCUT2D eigenvalue weighted by atomic mass is 9.34. The topological polar surface area (TPSA) is 8.17 Å². The van der Waals surface area contributed by atoms with Gasteiger partial charge in [-0.05, 0) is 79.6 Å². The number of anilines is 3. The van der Waals surface area contributed by atoms with Crippen molar-refractivity contribution in [1.29, 1.82) is 0 Å². The minimum Gasteiger partial charge on any atom is -0.312 e. The van der Waals surface area contributed by atoms with Crippen LogP contribution in [0.1, 0.15) is 0 Å². The molecule has 272 valence electrons. The summed E-state index contributed by atoms with van der Waals surface area (Å²) in [5.41, 5.74) is 15.8. The van der Waals surface area contributed by atoms with Gasteiger partial charge in [-0.2, -0.15) is 0 Å². The van der Waals surface area contributed by atoms with E-state index in [2.05, 4.69) is 228 Å². The summed E-state index contributed by atoms with van der Waals surface area (Å²) < 4.78 is 2.51. The minimum absolute atomic E-state index is 0.0296. The van der Waals surface area contributed by atoms with E-state index in [9.17, 15) is 0 Å². The highest BCUT2D eigenvalue weighted by Crippen LogP contribution is 2.37. The summed E-state index contributed by atoms with van der Waals surface area (Å²) in [6.45, 7) is 0.154. The zero-order valence-corrected chi connectivity index (χ0v) is 33.3. The number of hydrogen-bond donors (Lipinski definition) is 0. The molecule has 0 saturated carbocycles. The maximum atomic E-state index is 2.52. The first-order chi connectivity index (χ1) is 29.3. The van der Waals surface area contributed by atoms with Crippen molar-refractivity contribution >= 4 is 114 Å². The van der Waals surface area contributed by atoms with Crippen LogP contribution in [0.15, 0.2) is 218 Å². The Hall–Kier alpha value is -7.07. The van der Waals surface area contributed by atoms with Gasteiger partial charge in [-0.3, -0.25) is 0 Å². The molecule has 9 aromatic carbocycles. The zero-order valence-electron chi connectivity index (χ0n) is 32.3. The fourth-order valence-electron chi connectivity index (χ4n) is 11.5. The van der Waals surface area contributed by atoms with E-state index in [1.54, 1.807) is 0 Å². The third-order valence-corrected chi connectivity index (χ3v) is 18.6. The van der Waals surface area contributed by atoms with Crippen molar-refractivity contribution in [1.82, 2.24) is 4.57 Å². The molecular weight excluding hydrogens is 726 g/mol. The van der Waals surface area contributed by atoms with Crippen molar-refractivity contribution in [2.45, 2.75) is 0 Å². The molecule has 3 aliphatic heterocycles. The summed E-state index contributed by atoms with van der Waals surface area (Å²) in [5, 5.41) is 8.57. The van der Waals surface area contributed by atoms with Crippen LogP contribution in [-0.2, 0) is 0 Å². The highest BCUT2D eigenvalue weighted by molar-refractivity contribution is 7.31. The second-order valence-electron chi connectivity index (χ2n) is 16.3. The Morgan fingerprint density at radius 1 is 0.322 bits per heavy atom. The van der Waals surface area contributed by atoms with Gasteiger partial charge in [-0.25, -0.2) is 0 Å². The summed E-state index contributed by atoms with van der Waals surface area (Å²) in [6.07, 6.45) is 0. The predicted octanol–water partition coefficient (Wildman–Crippen LogP) is 5.60. The third-order valence-electron chi connectivity index (χ3n) is 13.6. The molecule has 0 amide bonds. The van der Waals surface area contributed by atoms with Crippen molar-refractivity contribution in [2.24, 2.45) is 0 Å². The van der Waals surface area contributed by atoms with Crippen molar-refractivity contribution in [3.63, 3.8) is 0 Å². The van der Waals surface area contributed by atoms with Crippen LogP contribution in [-0.4, -0.2) is 26.1 Å². The molecule has 10 aromatic rings. The predicted molar refractivity (Wildman–Crippen MR) is 255 cm³/mol. The van der Waals surface area contributed by atoms with Crippen LogP contribution >= 0.6 is 0 Å². The largest absolute Gasteiger partial charge is 0.312 e. The third kappa shape index (κ3) is 4.32. The lowest BCUT2D eigenvalue weighted by Crippen LogP contribution is -2.93. The monoisotopic (exact) mass is 762 g/mol. The van der Waals surface area contributed by atoms with E-state index in [-0.39, 0.29) is 13.4 Å². The lowest BCUT2D eigenvalue weighted by molar-refractivity contribution is 1.18. The van der Waals surface area contributed by atoms with Gasteiger partial charge in [0, 0.05) is 39.0 Å². The Balaban J connectivity index is 1.15. The van der Waals surface area contributed by atoms with Gasteiger partial charge < -0.3 is 9.47 Å². The van der Waals surface area contributed by atoms with E-state index in [0.717, 1.165) is 0 Å². The Labute approximate surface area is 345 Å². The molecule has 1 aromatic heterocycles. The molecule has 2 nitrogen and oxygen atoms in total. The van der Waals surface area contributed by atoms with Gasteiger partial charge in [0.1, 0.15) is 0 Å². The molecule has 3 aliphatic rings. The number of aromatic nitrogens is 1. The first-order valence-electron chi connectivity index (χ1n) is 20.8. The average Bonchev–Trinajstić information content (AvgIpc) is 3.65. The Kier molecular flexibility index (Phi) is 6.96. The van der Waals surface area contributed by atoms with Gasteiger partial charge in [-0.1, -0.05) is 192 Å². The van der Waals surface area contributed by atoms with Gasteiger partial charge in [0.15, 0.2) is 8.07 Å². The molecule has 0 N–H and O–H groups in total. The molecule has 1 spiro atoms. The molecular formula is C54H36B2N2Si. The molecule has 0 atom stereocenters. The Morgan fingerprint density at radius 2 is 0.797 bits per heavy atom. The van der Waals surface area contributed by atoms with Gasteiger partial charge >= 0.3 is 0 Å².